The Morgan fingerprint density at radius 1 is 0.617 bits per heavy atom. The van der Waals surface area contributed by atoms with E-state index < -0.39 is 24.2 Å². The van der Waals surface area contributed by atoms with Gasteiger partial charge in [-0.3, -0.25) is 24.5 Å². The molecule has 0 fully saturated rings. The first-order valence-corrected chi connectivity index (χ1v) is 17.4. The molecule has 0 spiro atoms. The van der Waals surface area contributed by atoms with E-state index in [1.54, 1.807) is 0 Å². The summed E-state index contributed by atoms with van der Waals surface area (Å²) in [5.74, 6) is -2.55. The predicted molar refractivity (Wildman–Crippen MR) is 176 cm³/mol. The smallest absolute Gasteiger partial charge is 0.326 e. The maximum absolute atomic E-state index is 12.2. The van der Waals surface area contributed by atoms with Crippen molar-refractivity contribution in [2.75, 3.05) is 52.7 Å². The van der Waals surface area contributed by atoms with Crippen LogP contribution in [0, 0.1) is 0 Å². The van der Waals surface area contributed by atoms with Crippen molar-refractivity contribution < 1.29 is 53.5 Å². The number of ether oxygens (including phenoxy) is 3. The van der Waals surface area contributed by atoms with Crippen molar-refractivity contribution in [3.63, 3.8) is 0 Å². The standard InChI is InChI=1S/C33H61N3O11/c37-21-24-45-23-20-35-31(27-38)47-26-25-46-22-19-34-29(39)18-17-28(33(43)44)36-30(40)15-13-11-9-7-5-3-1-2-4-6-8-10-12-14-16-32(41)42/h27-28,31,35,37H,1-26H2,(H,34,39)(H,36,40)(H,41,42)(H,43,44). The summed E-state index contributed by atoms with van der Waals surface area (Å²) in [4.78, 5) is 57.4. The van der Waals surface area contributed by atoms with Crippen molar-refractivity contribution in [2.45, 2.75) is 128 Å². The molecule has 0 bridgehead atoms. The molecule has 0 radical (unpaired) electrons. The van der Waals surface area contributed by atoms with E-state index in [1.165, 1.54) is 44.9 Å². The topological polar surface area (TPSA) is 210 Å². The van der Waals surface area contributed by atoms with Gasteiger partial charge in [0.1, 0.15) is 6.04 Å². The van der Waals surface area contributed by atoms with Crippen molar-refractivity contribution >= 4 is 30.0 Å². The van der Waals surface area contributed by atoms with Crippen LogP contribution in [0.3, 0.4) is 0 Å². The number of carboxylic acids is 2. The molecule has 14 heteroatoms. The molecule has 0 aromatic heterocycles. The van der Waals surface area contributed by atoms with E-state index in [9.17, 15) is 29.1 Å². The zero-order valence-electron chi connectivity index (χ0n) is 28.2. The third-order valence-electron chi connectivity index (χ3n) is 7.38. The van der Waals surface area contributed by atoms with Gasteiger partial charge in [-0.05, 0) is 19.3 Å². The lowest BCUT2D eigenvalue weighted by Gasteiger charge is -2.15. The number of hydrogen-bond donors (Lipinski definition) is 6. The average Bonchev–Trinajstić information content (AvgIpc) is 3.04. The summed E-state index contributed by atoms with van der Waals surface area (Å²) >= 11 is 0. The van der Waals surface area contributed by atoms with E-state index in [0.29, 0.717) is 25.9 Å². The molecule has 2 amide bonds. The van der Waals surface area contributed by atoms with Gasteiger partial charge in [0.2, 0.25) is 11.8 Å². The Morgan fingerprint density at radius 2 is 1.15 bits per heavy atom. The maximum Gasteiger partial charge on any atom is 0.326 e. The summed E-state index contributed by atoms with van der Waals surface area (Å²) < 4.78 is 15.8. The van der Waals surface area contributed by atoms with E-state index >= 15 is 0 Å². The third-order valence-corrected chi connectivity index (χ3v) is 7.38. The highest BCUT2D eigenvalue weighted by atomic mass is 16.5. The van der Waals surface area contributed by atoms with Gasteiger partial charge >= 0.3 is 11.9 Å². The number of aldehydes is 1. The maximum atomic E-state index is 12.2. The number of carbonyl (C=O) groups excluding carboxylic acids is 3. The Bertz CT molecular complexity index is 817. The van der Waals surface area contributed by atoms with Crippen LogP contribution in [0.15, 0.2) is 0 Å². The molecule has 2 atom stereocenters. The molecule has 0 aromatic rings. The molecule has 2 unspecified atom stereocenters. The van der Waals surface area contributed by atoms with Crippen LogP contribution in [0.2, 0.25) is 0 Å². The molecule has 0 aliphatic rings. The summed E-state index contributed by atoms with van der Waals surface area (Å²) in [5, 5.41) is 34.7. The molecule has 47 heavy (non-hydrogen) atoms. The summed E-state index contributed by atoms with van der Waals surface area (Å²) in [7, 11) is 0. The predicted octanol–water partition coefficient (Wildman–Crippen LogP) is 2.94. The van der Waals surface area contributed by atoms with Crippen LogP contribution < -0.4 is 16.0 Å². The van der Waals surface area contributed by atoms with Crippen LogP contribution in [-0.4, -0.2) is 110 Å². The molecule has 0 heterocycles. The second-order valence-electron chi connectivity index (χ2n) is 11.5. The summed E-state index contributed by atoms with van der Waals surface area (Å²) in [5.41, 5.74) is 0. The number of aliphatic hydroxyl groups is 1. The molecular weight excluding hydrogens is 614 g/mol. The highest BCUT2D eigenvalue weighted by Crippen LogP contribution is 2.14. The van der Waals surface area contributed by atoms with Gasteiger partial charge in [0.05, 0.1) is 39.6 Å². The minimum absolute atomic E-state index is 0.0144. The van der Waals surface area contributed by atoms with E-state index in [1.807, 2.05) is 0 Å². The normalized spacial score (nSPS) is 12.4. The minimum atomic E-state index is -1.17. The molecule has 6 N–H and O–H groups in total. The lowest BCUT2D eigenvalue weighted by atomic mass is 10.0. The number of hydrogen-bond acceptors (Lipinski definition) is 10. The Morgan fingerprint density at radius 3 is 1.68 bits per heavy atom. The van der Waals surface area contributed by atoms with E-state index in [0.717, 1.165) is 38.5 Å². The average molecular weight is 676 g/mol. The fourth-order valence-corrected chi connectivity index (χ4v) is 4.76. The van der Waals surface area contributed by atoms with Gasteiger partial charge in [-0.2, -0.15) is 0 Å². The van der Waals surface area contributed by atoms with Crippen LogP contribution >= 0.6 is 0 Å². The van der Waals surface area contributed by atoms with Crippen molar-refractivity contribution in [1.29, 1.82) is 0 Å². The van der Waals surface area contributed by atoms with E-state index in [2.05, 4.69) is 16.0 Å². The van der Waals surface area contributed by atoms with Gasteiger partial charge < -0.3 is 40.2 Å². The Hall–Kier alpha value is -2.65. The summed E-state index contributed by atoms with van der Waals surface area (Å²) in [6, 6.07) is -1.13. The van der Waals surface area contributed by atoms with Crippen molar-refractivity contribution in [3.8, 4) is 0 Å². The summed E-state index contributed by atoms with van der Waals surface area (Å²) in [6.07, 6.45) is 15.4. The fraction of sp³-hybridized carbons (Fsp3) is 0.848. The van der Waals surface area contributed by atoms with Crippen LogP contribution in [0.5, 0.6) is 0 Å². The van der Waals surface area contributed by atoms with Gasteiger partial charge in [-0.25, -0.2) is 4.79 Å². The first-order valence-electron chi connectivity index (χ1n) is 17.4. The first-order chi connectivity index (χ1) is 22.8. The van der Waals surface area contributed by atoms with Gasteiger partial charge in [-0.1, -0.05) is 77.0 Å². The summed E-state index contributed by atoms with van der Waals surface area (Å²) in [6.45, 7) is 1.66. The van der Waals surface area contributed by atoms with Crippen molar-refractivity contribution in [2.24, 2.45) is 0 Å². The van der Waals surface area contributed by atoms with E-state index in [-0.39, 0.29) is 77.1 Å². The van der Waals surface area contributed by atoms with Gasteiger partial charge in [0.25, 0.3) is 0 Å². The molecule has 274 valence electrons. The number of carbonyl (C=O) groups is 5. The van der Waals surface area contributed by atoms with Crippen LogP contribution in [0.1, 0.15) is 116 Å². The molecular formula is C33H61N3O11. The van der Waals surface area contributed by atoms with Crippen LogP contribution in [0.25, 0.3) is 0 Å². The quantitative estimate of drug-likeness (QED) is 0.0322. The van der Waals surface area contributed by atoms with Crippen molar-refractivity contribution in [1.82, 2.24) is 16.0 Å². The largest absolute Gasteiger partial charge is 0.481 e. The number of carboxylic acid groups (broad SMARTS) is 2. The highest BCUT2D eigenvalue weighted by Gasteiger charge is 2.20. The second kappa shape index (κ2) is 33.3. The van der Waals surface area contributed by atoms with Crippen LogP contribution in [0.4, 0.5) is 0 Å². The number of aliphatic hydroxyl groups excluding tert-OH is 1. The van der Waals surface area contributed by atoms with E-state index in [4.69, 9.17) is 24.4 Å². The molecule has 0 aliphatic heterocycles. The Kier molecular flexibility index (Phi) is 31.4. The molecule has 0 aromatic carbocycles. The molecule has 14 nitrogen and oxygen atoms in total. The third kappa shape index (κ3) is 31.7. The number of rotatable bonds is 36. The molecule has 0 rings (SSSR count). The minimum Gasteiger partial charge on any atom is -0.481 e. The number of nitrogens with one attached hydrogen (secondary N) is 3. The lowest BCUT2D eigenvalue weighted by molar-refractivity contribution is -0.142. The molecule has 0 saturated heterocycles. The van der Waals surface area contributed by atoms with Gasteiger partial charge in [-0.15, -0.1) is 0 Å². The lowest BCUT2D eigenvalue weighted by Crippen LogP contribution is -2.41. The zero-order chi connectivity index (χ0) is 34.8. The molecule has 0 aliphatic carbocycles. The number of aliphatic carboxylic acids is 2. The van der Waals surface area contributed by atoms with Crippen LogP contribution in [-0.2, 0) is 38.2 Å². The highest BCUT2D eigenvalue weighted by molar-refractivity contribution is 5.84. The first kappa shape index (κ1) is 44.4. The second-order valence-corrected chi connectivity index (χ2v) is 11.5. The van der Waals surface area contributed by atoms with Gasteiger partial charge in [0.15, 0.2) is 12.5 Å². The fourth-order valence-electron chi connectivity index (χ4n) is 4.76. The number of unbranched alkanes of at least 4 members (excludes halogenated alkanes) is 13. The van der Waals surface area contributed by atoms with Crippen molar-refractivity contribution in [3.05, 3.63) is 0 Å². The monoisotopic (exact) mass is 675 g/mol. The Labute approximate surface area is 280 Å². The number of amides is 2. The SMILES string of the molecule is O=CC(NCCOCCO)OCCOCCNC(=O)CCC(NC(=O)CCCCCCCCCCCCCCCCC(=O)O)C(=O)O. The molecule has 0 saturated carbocycles. The van der Waals surface area contributed by atoms with Gasteiger partial charge in [0, 0.05) is 32.4 Å². The Balaban J connectivity index is 3.73. The zero-order valence-corrected chi connectivity index (χ0v) is 28.2.